The number of benzene rings is 1. The van der Waals surface area contributed by atoms with Gasteiger partial charge < -0.3 is 4.74 Å². The smallest absolute Gasteiger partial charge is 0.414 e. The molecule has 0 atom stereocenters. The molecule has 3 nitrogen and oxygen atoms in total. The predicted molar refractivity (Wildman–Crippen MR) is 85.8 cm³/mol. The number of carbonyl (C=O) groups excluding carboxylic acids is 1. The summed E-state index contributed by atoms with van der Waals surface area (Å²) in [5.41, 5.74) is 2.88. The Morgan fingerprint density at radius 3 is 2.43 bits per heavy atom. The topological polar surface area (TPSA) is 29.5 Å². The SMILES string of the molecule is CC1=C(c2ccccc2)N(C(=O)OC(C)(C)C)CCCC1. The maximum absolute atomic E-state index is 12.6. The molecule has 1 aromatic rings. The Morgan fingerprint density at radius 1 is 1.14 bits per heavy atom. The van der Waals surface area contributed by atoms with E-state index in [1.54, 1.807) is 0 Å². The van der Waals surface area contributed by atoms with Crippen molar-refractivity contribution in [2.24, 2.45) is 0 Å². The molecular formula is C18H25NO2. The fourth-order valence-electron chi connectivity index (χ4n) is 2.62. The van der Waals surface area contributed by atoms with Gasteiger partial charge >= 0.3 is 6.09 Å². The quantitative estimate of drug-likeness (QED) is 0.739. The zero-order chi connectivity index (χ0) is 15.5. The normalized spacial score (nSPS) is 16.7. The summed E-state index contributed by atoms with van der Waals surface area (Å²) in [7, 11) is 0. The summed E-state index contributed by atoms with van der Waals surface area (Å²) in [6, 6.07) is 10.1. The first kappa shape index (κ1) is 15.6. The fraction of sp³-hybridized carbons (Fsp3) is 0.500. The Morgan fingerprint density at radius 2 is 1.81 bits per heavy atom. The third-order valence-electron chi connectivity index (χ3n) is 3.52. The highest BCUT2D eigenvalue weighted by atomic mass is 16.6. The monoisotopic (exact) mass is 287 g/mol. The summed E-state index contributed by atoms with van der Waals surface area (Å²) in [5.74, 6) is 0. The van der Waals surface area contributed by atoms with E-state index in [1.165, 1.54) is 5.57 Å². The van der Waals surface area contributed by atoms with Crippen LogP contribution in [0.15, 0.2) is 35.9 Å². The molecule has 0 aliphatic carbocycles. The standard InChI is InChI=1S/C18H25NO2/c1-14-10-8-9-13-19(17(20)21-18(2,3)4)16(14)15-11-6-5-7-12-15/h5-7,11-12H,8-10,13H2,1-4H3. The third-order valence-corrected chi connectivity index (χ3v) is 3.52. The van der Waals surface area contributed by atoms with Gasteiger partial charge in [-0.15, -0.1) is 0 Å². The number of hydrogen-bond donors (Lipinski definition) is 0. The van der Waals surface area contributed by atoms with E-state index in [9.17, 15) is 4.79 Å². The van der Waals surface area contributed by atoms with Crippen molar-refractivity contribution < 1.29 is 9.53 Å². The van der Waals surface area contributed by atoms with Crippen molar-refractivity contribution in [3.63, 3.8) is 0 Å². The summed E-state index contributed by atoms with van der Waals surface area (Å²) in [6.07, 6.45) is 2.90. The van der Waals surface area contributed by atoms with Crippen molar-refractivity contribution in [1.82, 2.24) is 4.90 Å². The summed E-state index contributed by atoms with van der Waals surface area (Å²) in [4.78, 5) is 14.4. The highest BCUT2D eigenvalue weighted by molar-refractivity contribution is 5.83. The van der Waals surface area contributed by atoms with Crippen molar-refractivity contribution >= 4 is 11.8 Å². The minimum absolute atomic E-state index is 0.248. The van der Waals surface area contributed by atoms with Gasteiger partial charge in [0.25, 0.3) is 0 Å². The van der Waals surface area contributed by atoms with Crippen molar-refractivity contribution in [3.05, 3.63) is 41.5 Å². The Kier molecular flexibility index (Phi) is 4.71. The number of carbonyl (C=O) groups is 1. The van der Waals surface area contributed by atoms with Crippen LogP contribution in [0.4, 0.5) is 4.79 Å². The molecule has 1 heterocycles. The van der Waals surface area contributed by atoms with Gasteiger partial charge in [0.05, 0.1) is 5.70 Å². The number of hydrogen-bond acceptors (Lipinski definition) is 2. The lowest BCUT2D eigenvalue weighted by molar-refractivity contribution is 0.0353. The Bertz CT molecular complexity index is 526. The maximum atomic E-state index is 12.6. The average Bonchev–Trinajstić information content (AvgIpc) is 2.59. The van der Waals surface area contributed by atoms with E-state index in [2.05, 4.69) is 19.1 Å². The molecule has 21 heavy (non-hydrogen) atoms. The lowest BCUT2D eigenvalue weighted by Crippen LogP contribution is -2.36. The lowest BCUT2D eigenvalue weighted by atomic mass is 10.0. The van der Waals surface area contributed by atoms with E-state index in [4.69, 9.17) is 4.74 Å². The van der Waals surface area contributed by atoms with Gasteiger partial charge in [0.1, 0.15) is 5.60 Å². The third kappa shape index (κ3) is 4.10. The van der Waals surface area contributed by atoms with Gasteiger partial charge in [0.15, 0.2) is 0 Å². The molecule has 0 bridgehead atoms. The number of rotatable bonds is 1. The average molecular weight is 287 g/mol. The molecule has 0 saturated heterocycles. The Labute approximate surface area is 127 Å². The maximum Gasteiger partial charge on any atom is 0.414 e. The van der Waals surface area contributed by atoms with Crippen LogP contribution >= 0.6 is 0 Å². The summed E-state index contributed by atoms with van der Waals surface area (Å²) < 4.78 is 5.59. The molecule has 1 aliphatic heterocycles. The van der Waals surface area contributed by atoms with Gasteiger partial charge in [-0.05, 0) is 58.1 Å². The molecule has 0 radical (unpaired) electrons. The van der Waals surface area contributed by atoms with Crippen LogP contribution < -0.4 is 0 Å². The van der Waals surface area contributed by atoms with E-state index in [0.717, 1.165) is 37.1 Å². The Balaban J connectivity index is 2.37. The van der Waals surface area contributed by atoms with Crippen molar-refractivity contribution in [2.75, 3.05) is 6.54 Å². The molecule has 1 aliphatic rings. The van der Waals surface area contributed by atoms with E-state index in [0.29, 0.717) is 0 Å². The molecule has 114 valence electrons. The highest BCUT2D eigenvalue weighted by Gasteiger charge is 2.27. The van der Waals surface area contributed by atoms with Crippen molar-refractivity contribution in [3.8, 4) is 0 Å². The van der Waals surface area contributed by atoms with E-state index in [1.807, 2.05) is 43.9 Å². The molecule has 0 fully saturated rings. The molecule has 0 saturated carbocycles. The number of ether oxygens (including phenoxy) is 1. The van der Waals surface area contributed by atoms with Crippen LogP contribution in [0.2, 0.25) is 0 Å². The Hall–Kier alpha value is -1.77. The van der Waals surface area contributed by atoms with E-state index in [-0.39, 0.29) is 6.09 Å². The number of nitrogens with zero attached hydrogens (tertiary/aromatic N) is 1. The molecular weight excluding hydrogens is 262 g/mol. The first-order chi connectivity index (χ1) is 9.88. The predicted octanol–water partition coefficient (Wildman–Crippen LogP) is 4.84. The number of amides is 1. The first-order valence-corrected chi connectivity index (χ1v) is 7.64. The summed E-state index contributed by atoms with van der Waals surface area (Å²) >= 11 is 0. The van der Waals surface area contributed by atoms with Crippen molar-refractivity contribution in [1.29, 1.82) is 0 Å². The van der Waals surface area contributed by atoms with Crippen LogP contribution in [-0.2, 0) is 4.74 Å². The van der Waals surface area contributed by atoms with Crippen LogP contribution in [0.5, 0.6) is 0 Å². The minimum Gasteiger partial charge on any atom is -0.443 e. The zero-order valence-corrected chi connectivity index (χ0v) is 13.5. The van der Waals surface area contributed by atoms with Crippen LogP contribution in [0.25, 0.3) is 5.70 Å². The van der Waals surface area contributed by atoms with E-state index < -0.39 is 5.60 Å². The largest absolute Gasteiger partial charge is 0.443 e. The van der Waals surface area contributed by atoms with Gasteiger partial charge in [-0.25, -0.2) is 4.79 Å². The molecule has 0 spiro atoms. The van der Waals surface area contributed by atoms with E-state index >= 15 is 0 Å². The first-order valence-electron chi connectivity index (χ1n) is 7.64. The van der Waals surface area contributed by atoms with Gasteiger partial charge in [-0.2, -0.15) is 0 Å². The van der Waals surface area contributed by atoms with Gasteiger partial charge in [-0.3, -0.25) is 4.90 Å². The zero-order valence-electron chi connectivity index (χ0n) is 13.5. The van der Waals surface area contributed by atoms with Crippen LogP contribution in [0.3, 0.4) is 0 Å². The molecule has 1 aromatic carbocycles. The minimum atomic E-state index is -0.473. The van der Waals surface area contributed by atoms with Crippen LogP contribution in [0.1, 0.15) is 52.5 Å². The van der Waals surface area contributed by atoms with Crippen LogP contribution in [-0.4, -0.2) is 23.1 Å². The molecule has 0 unspecified atom stereocenters. The lowest BCUT2D eigenvalue weighted by Gasteiger charge is -2.29. The molecule has 1 amide bonds. The van der Waals surface area contributed by atoms with Gasteiger partial charge in [0, 0.05) is 6.54 Å². The summed E-state index contributed by atoms with van der Waals surface area (Å²) in [6.45, 7) is 8.55. The second-order valence-corrected chi connectivity index (χ2v) is 6.58. The van der Waals surface area contributed by atoms with Gasteiger partial charge in [0.2, 0.25) is 0 Å². The second-order valence-electron chi connectivity index (χ2n) is 6.58. The highest BCUT2D eigenvalue weighted by Crippen LogP contribution is 2.30. The second kappa shape index (κ2) is 6.33. The van der Waals surface area contributed by atoms with Crippen LogP contribution in [0, 0.1) is 0 Å². The van der Waals surface area contributed by atoms with Crippen molar-refractivity contribution in [2.45, 2.75) is 52.6 Å². The molecule has 0 aromatic heterocycles. The molecule has 2 rings (SSSR count). The van der Waals surface area contributed by atoms with Gasteiger partial charge in [-0.1, -0.05) is 30.3 Å². The molecule has 0 N–H and O–H groups in total. The fourth-order valence-corrected chi connectivity index (χ4v) is 2.62. The summed E-state index contributed by atoms with van der Waals surface area (Å²) in [5, 5.41) is 0. The molecule has 3 heteroatoms. The number of allylic oxidation sites excluding steroid dienone is 1.